The highest BCUT2D eigenvalue weighted by molar-refractivity contribution is 7.11. The fourth-order valence-corrected chi connectivity index (χ4v) is 2.29. The molecule has 1 heterocycles. The van der Waals surface area contributed by atoms with Crippen molar-refractivity contribution >= 4 is 23.7 Å². The third kappa shape index (κ3) is 6.45. The van der Waals surface area contributed by atoms with E-state index in [2.05, 4.69) is 31.0 Å². The first kappa shape index (κ1) is 15.9. The number of nitrogens with zero attached hydrogens (tertiary/aromatic N) is 1. The second-order valence-electron chi connectivity index (χ2n) is 3.65. The lowest BCUT2D eigenvalue weighted by molar-refractivity contribution is 0.116. The maximum atomic E-state index is 5.33. The minimum atomic E-state index is 0. The number of aryl methyl sites for hydroxylation is 1. The zero-order valence-electron chi connectivity index (χ0n) is 9.94. The first-order valence-corrected chi connectivity index (χ1v) is 6.05. The molecule has 0 aliphatic heterocycles. The van der Waals surface area contributed by atoms with Gasteiger partial charge in [-0.15, -0.1) is 23.7 Å². The van der Waals surface area contributed by atoms with Gasteiger partial charge in [0, 0.05) is 29.4 Å². The minimum absolute atomic E-state index is 0. The van der Waals surface area contributed by atoms with Gasteiger partial charge >= 0.3 is 0 Å². The molecule has 1 rings (SSSR count). The van der Waals surface area contributed by atoms with Crippen LogP contribution in [0.5, 0.6) is 0 Å². The Labute approximate surface area is 108 Å². The Morgan fingerprint density at radius 3 is 2.69 bits per heavy atom. The molecule has 5 heteroatoms. The van der Waals surface area contributed by atoms with Crippen LogP contribution >= 0.6 is 23.7 Å². The van der Waals surface area contributed by atoms with Crippen LogP contribution in [0.25, 0.3) is 0 Å². The third-order valence-corrected chi connectivity index (χ3v) is 3.09. The van der Waals surface area contributed by atoms with Gasteiger partial charge in [0.2, 0.25) is 0 Å². The summed E-state index contributed by atoms with van der Waals surface area (Å²) in [6, 6.07) is 4.36. The summed E-state index contributed by atoms with van der Waals surface area (Å²) in [6.45, 7) is 6.12. The molecule has 1 aromatic heterocycles. The molecule has 0 radical (unpaired) electrons. The summed E-state index contributed by atoms with van der Waals surface area (Å²) in [5.74, 6) is 0. The SMILES string of the molecule is Cc1ccc(CN(C)CCOCCN)s1.Cl. The van der Waals surface area contributed by atoms with Crippen molar-refractivity contribution in [1.82, 2.24) is 4.90 Å². The molecule has 0 unspecified atom stereocenters. The van der Waals surface area contributed by atoms with Crippen molar-refractivity contribution in [3.63, 3.8) is 0 Å². The number of ether oxygens (including phenoxy) is 1. The van der Waals surface area contributed by atoms with E-state index in [-0.39, 0.29) is 12.4 Å². The number of thiophene rings is 1. The standard InChI is InChI=1S/C11H20N2OS.ClH/c1-10-3-4-11(15-10)9-13(2)6-8-14-7-5-12;/h3-4H,5-9,12H2,1-2H3;1H. The second-order valence-corrected chi connectivity index (χ2v) is 5.02. The van der Waals surface area contributed by atoms with E-state index in [0.29, 0.717) is 13.2 Å². The van der Waals surface area contributed by atoms with Crippen LogP contribution in [-0.4, -0.2) is 38.3 Å². The second kappa shape index (κ2) is 8.96. The summed E-state index contributed by atoms with van der Waals surface area (Å²) in [5.41, 5.74) is 5.33. The fourth-order valence-electron chi connectivity index (χ4n) is 1.32. The number of hydrogen-bond acceptors (Lipinski definition) is 4. The monoisotopic (exact) mass is 264 g/mol. The molecule has 0 aliphatic carbocycles. The number of likely N-dealkylation sites (N-methyl/N-ethyl adjacent to an activating group) is 1. The van der Waals surface area contributed by atoms with Gasteiger partial charge in [-0.3, -0.25) is 4.90 Å². The summed E-state index contributed by atoms with van der Waals surface area (Å²) in [5, 5.41) is 0. The summed E-state index contributed by atoms with van der Waals surface area (Å²) >= 11 is 1.86. The summed E-state index contributed by atoms with van der Waals surface area (Å²) in [7, 11) is 2.11. The molecular weight excluding hydrogens is 244 g/mol. The van der Waals surface area contributed by atoms with Crippen LogP contribution in [0.1, 0.15) is 9.75 Å². The van der Waals surface area contributed by atoms with E-state index in [1.54, 1.807) is 0 Å². The molecule has 2 N–H and O–H groups in total. The van der Waals surface area contributed by atoms with Crippen LogP contribution in [-0.2, 0) is 11.3 Å². The average molecular weight is 265 g/mol. The number of rotatable bonds is 7. The van der Waals surface area contributed by atoms with Crippen LogP contribution in [0.3, 0.4) is 0 Å². The van der Waals surface area contributed by atoms with Crippen LogP contribution < -0.4 is 5.73 Å². The fraction of sp³-hybridized carbons (Fsp3) is 0.636. The van der Waals surface area contributed by atoms with Crippen molar-refractivity contribution in [2.75, 3.05) is 33.4 Å². The van der Waals surface area contributed by atoms with Gasteiger partial charge in [-0.25, -0.2) is 0 Å². The van der Waals surface area contributed by atoms with E-state index in [4.69, 9.17) is 10.5 Å². The molecule has 0 aromatic carbocycles. The van der Waals surface area contributed by atoms with Crippen molar-refractivity contribution in [2.45, 2.75) is 13.5 Å². The summed E-state index contributed by atoms with van der Waals surface area (Å²) in [6.07, 6.45) is 0. The topological polar surface area (TPSA) is 38.5 Å². The average Bonchev–Trinajstić information content (AvgIpc) is 2.59. The van der Waals surface area contributed by atoms with E-state index in [9.17, 15) is 0 Å². The van der Waals surface area contributed by atoms with Crippen LogP contribution in [0.15, 0.2) is 12.1 Å². The Bertz CT molecular complexity index is 281. The van der Waals surface area contributed by atoms with E-state index >= 15 is 0 Å². The Hall–Kier alpha value is -0.130. The molecule has 0 fully saturated rings. The molecule has 1 aromatic rings. The molecule has 0 amide bonds. The van der Waals surface area contributed by atoms with E-state index in [0.717, 1.165) is 19.7 Å². The quantitative estimate of drug-likeness (QED) is 0.765. The van der Waals surface area contributed by atoms with Gasteiger partial charge in [0.15, 0.2) is 0 Å². The largest absolute Gasteiger partial charge is 0.379 e. The highest BCUT2D eigenvalue weighted by Gasteiger charge is 2.01. The molecule has 16 heavy (non-hydrogen) atoms. The lowest BCUT2D eigenvalue weighted by Gasteiger charge is -2.15. The Morgan fingerprint density at radius 2 is 2.12 bits per heavy atom. The van der Waals surface area contributed by atoms with Gasteiger partial charge in [0.05, 0.1) is 13.2 Å². The van der Waals surface area contributed by atoms with Gasteiger partial charge in [0.1, 0.15) is 0 Å². The van der Waals surface area contributed by atoms with Gasteiger partial charge in [-0.1, -0.05) is 0 Å². The molecule has 3 nitrogen and oxygen atoms in total. The molecule has 0 aliphatic rings. The smallest absolute Gasteiger partial charge is 0.0594 e. The molecular formula is C11H21ClN2OS. The highest BCUT2D eigenvalue weighted by Crippen LogP contribution is 2.16. The molecule has 94 valence electrons. The van der Waals surface area contributed by atoms with Gasteiger partial charge in [0.25, 0.3) is 0 Å². The minimum Gasteiger partial charge on any atom is -0.379 e. The number of hydrogen-bond donors (Lipinski definition) is 1. The van der Waals surface area contributed by atoms with Gasteiger partial charge < -0.3 is 10.5 Å². The van der Waals surface area contributed by atoms with Crippen LogP contribution in [0.4, 0.5) is 0 Å². The Balaban J connectivity index is 0.00000225. The van der Waals surface area contributed by atoms with Gasteiger partial charge in [-0.2, -0.15) is 0 Å². The first-order valence-electron chi connectivity index (χ1n) is 5.24. The molecule has 0 saturated carbocycles. The lowest BCUT2D eigenvalue weighted by atomic mass is 10.4. The molecule has 0 saturated heterocycles. The zero-order chi connectivity index (χ0) is 11.1. The normalized spacial score (nSPS) is 10.5. The number of halogens is 1. The maximum Gasteiger partial charge on any atom is 0.0594 e. The van der Waals surface area contributed by atoms with Crippen molar-refractivity contribution < 1.29 is 4.74 Å². The van der Waals surface area contributed by atoms with Crippen molar-refractivity contribution in [1.29, 1.82) is 0 Å². The maximum absolute atomic E-state index is 5.33. The predicted molar refractivity (Wildman–Crippen MR) is 72.5 cm³/mol. The zero-order valence-corrected chi connectivity index (χ0v) is 11.6. The Kier molecular flexibility index (Phi) is 8.89. The Morgan fingerprint density at radius 1 is 1.38 bits per heavy atom. The van der Waals surface area contributed by atoms with Crippen molar-refractivity contribution in [2.24, 2.45) is 5.73 Å². The summed E-state index contributed by atoms with van der Waals surface area (Å²) < 4.78 is 5.33. The van der Waals surface area contributed by atoms with Crippen molar-refractivity contribution in [3.05, 3.63) is 21.9 Å². The lowest BCUT2D eigenvalue weighted by Crippen LogP contribution is -2.23. The summed E-state index contributed by atoms with van der Waals surface area (Å²) in [4.78, 5) is 5.05. The third-order valence-electron chi connectivity index (χ3n) is 2.10. The predicted octanol–water partition coefficient (Wildman–Crippen LogP) is 1.89. The number of nitrogens with two attached hydrogens (primary N) is 1. The van der Waals surface area contributed by atoms with Crippen LogP contribution in [0, 0.1) is 6.92 Å². The molecule has 0 atom stereocenters. The van der Waals surface area contributed by atoms with E-state index < -0.39 is 0 Å². The van der Waals surface area contributed by atoms with E-state index in [1.807, 2.05) is 11.3 Å². The highest BCUT2D eigenvalue weighted by atomic mass is 35.5. The first-order chi connectivity index (χ1) is 7.22. The van der Waals surface area contributed by atoms with Crippen molar-refractivity contribution in [3.8, 4) is 0 Å². The van der Waals surface area contributed by atoms with Crippen LogP contribution in [0.2, 0.25) is 0 Å². The molecule has 0 spiro atoms. The van der Waals surface area contributed by atoms with E-state index in [1.165, 1.54) is 9.75 Å². The molecule has 0 bridgehead atoms. The van der Waals surface area contributed by atoms with Gasteiger partial charge in [-0.05, 0) is 26.1 Å².